The maximum atomic E-state index is 11.5. The van der Waals surface area contributed by atoms with Crippen LogP contribution >= 0.6 is 0 Å². The highest BCUT2D eigenvalue weighted by atomic mass is 32.2. The second kappa shape index (κ2) is 4.98. The zero-order chi connectivity index (χ0) is 15.0. The van der Waals surface area contributed by atoms with E-state index >= 15 is 0 Å². The standard InChI is InChI=1S/C17H14O3S/c1-12-6-2-3-7-13(12)15-10-11-17(21(18,19)20)16-9-5-4-8-14(15)16/h2-11H,1H3,(H,18,19,20). The minimum Gasteiger partial charge on any atom is -0.282 e. The fourth-order valence-electron chi connectivity index (χ4n) is 2.61. The molecule has 0 aromatic heterocycles. The van der Waals surface area contributed by atoms with Gasteiger partial charge in [0.05, 0.1) is 0 Å². The third kappa shape index (κ3) is 2.44. The molecule has 3 aromatic carbocycles. The van der Waals surface area contributed by atoms with Gasteiger partial charge < -0.3 is 0 Å². The Hall–Kier alpha value is -2.17. The molecule has 1 N–H and O–H groups in total. The van der Waals surface area contributed by atoms with Crippen molar-refractivity contribution in [2.45, 2.75) is 11.8 Å². The average molecular weight is 298 g/mol. The third-order valence-corrected chi connectivity index (χ3v) is 4.51. The van der Waals surface area contributed by atoms with Crippen LogP contribution in [0.1, 0.15) is 5.56 Å². The minimum atomic E-state index is -4.24. The largest absolute Gasteiger partial charge is 0.295 e. The zero-order valence-electron chi connectivity index (χ0n) is 11.4. The van der Waals surface area contributed by atoms with Crippen LogP contribution in [0.5, 0.6) is 0 Å². The summed E-state index contributed by atoms with van der Waals surface area (Å²) < 4.78 is 32.4. The Labute approximate surface area is 123 Å². The average Bonchev–Trinajstić information content (AvgIpc) is 2.46. The zero-order valence-corrected chi connectivity index (χ0v) is 12.3. The first kappa shape index (κ1) is 13.8. The van der Waals surface area contributed by atoms with Crippen LogP contribution in [0.15, 0.2) is 65.6 Å². The topological polar surface area (TPSA) is 54.4 Å². The molecule has 0 unspecified atom stereocenters. The van der Waals surface area contributed by atoms with Crippen LogP contribution in [-0.2, 0) is 10.1 Å². The lowest BCUT2D eigenvalue weighted by Crippen LogP contribution is -1.99. The number of aryl methyl sites for hydroxylation is 1. The van der Waals surface area contributed by atoms with Crippen molar-refractivity contribution < 1.29 is 13.0 Å². The summed E-state index contributed by atoms with van der Waals surface area (Å²) in [5, 5.41) is 1.34. The Morgan fingerprint density at radius 2 is 1.38 bits per heavy atom. The Morgan fingerprint density at radius 1 is 0.762 bits per heavy atom. The van der Waals surface area contributed by atoms with Crippen molar-refractivity contribution in [2.75, 3.05) is 0 Å². The molecule has 0 amide bonds. The van der Waals surface area contributed by atoms with Gasteiger partial charge in [-0.1, -0.05) is 54.6 Å². The molecule has 3 rings (SSSR count). The lowest BCUT2D eigenvalue weighted by molar-refractivity contribution is 0.484. The van der Waals surface area contributed by atoms with E-state index in [9.17, 15) is 13.0 Å². The minimum absolute atomic E-state index is 0.0598. The maximum Gasteiger partial charge on any atom is 0.295 e. The molecule has 3 aromatic rings. The van der Waals surface area contributed by atoms with Gasteiger partial charge in [-0.25, -0.2) is 0 Å². The SMILES string of the molecule is Cc1ccccc1-c1ccc(S(=O)(=O)O)c2ccccc12. The Morgan fingerprint density at radius 3 is 2.05 bits per heavy atom. The van der Waals surface area contributed by atoms with Gasteiger partial charge in [0.1, 0.15) is 4.90 Å². The molecule has 106 valence electrons. The maximum absolute atomic E-state index is 11.5. The monoisotopic (exact) mass is 298 g/mol. The van der Waals surface area contributed by atoms with Gasteiger partial charge in [0.15, 0.2) is 0 Å². The summed E-state index contributed by atoms with van der Waals surface area (Å²) in [4.78, 5) is -0.0598. The highest BCUT2D eigenvalue weighted by Gasteiger charge is 2.16. The second-order valence-electron chi connectivity index (χ2n) is 4.95. The molecule has 0 aliphatic rings. The highest BCUT2D eigenvalue weighted by Crippen LogP contribution is 2.34. The van der Waals surface area contributed by atoms with E-state index in [0.717, 1.165) is 22.1 Å². The normalized spacial score (nSPS) is 11.7. The van der Waals surface area contributed by atoms with E-state index in [-0.39, 0.29) is 4.90 Å². The third-order valence-electron chi connectivity index (χ3n) is 3.60. The molecule has 0 bridgehead atoms. The number of hydrogen-bond donors (Lipinski definition) is 1. The molecule has 0 aliphatic carbocycles. The molecule has 0 aliphatic heterocycles. The molecule has 21 heavy (non-hydrogen) atoms. The molecular formula is C17H14O3S. The molecule has 0 saturated heterocycles. The molecule has 0 radical (unpaired) electrons. The number of benzene rings is 3. The van der Waals surface area contributed by atoms with Crippen LogP contribution in [0, 0.1) is 6.92 Å². The smallest absolute Gasteiger partial charge is 0.282 e. The fraction of sp³-hybridized carbons (Fsp3) is 0.0588. The summed E-state index contributed by atoms with van der Waals surface area (Å²) in [5.74, 6) is 0. The molecule has 0 heterocycles. The molecule has 3 nitrogen and oxygen atoms in total. The first-order chi connectivity index (χ1) is 9.98. The lowest BCUT2D eigenvalue weighted by Gasteiger charge is -2.12. The van der Waals surface area contributed by atoms with Gasteiger partial charge in [-0.15, -0.1) is 0 Å². The Balaban J connectivity index is 2.41. The number of hydrogen-bond acceptors (Lipinski definition) is 2. The molecule has 0 saturated carbocycles. The first-order valence-electron chi connectivity index (χ1n) is 6.54. The highest BCUT2D eigenvalue weighted by molar-refractivity contribution is 7.86. The molecule has 0 atom stereocenters. The van der Waals surface area contributed by atoms with Crippen molar-refractivity contribution in [3.8, 4) is 11.1 Å². The first-order valence-corrected chi connectivity index (χ1v) is 7.98. The van der Waals surface area contributed by atoms with Crippen molar-refractivity contribution in [3.63, 3.8) is 0 Å². The predicted octanol–water partition coefficient (Wildman–Crippen LogP) is 4.06. The van der Waals surface area contributed by atoms with Crippen LogP contribution in [-0.4, -0.2) is 13.0 Å². The molecule has 4 heteroatoms. The van der Waals surface area contributed by atoms with Crippen LogP contribution in [0.25, 0.3) is 21.9 Å². The Kier molecular flexibility index (Phi) is 3.27. The van der Waals surface area contributed by atoms with Crippen molar-refractivity contribution >= 4 is 20.9 Å². The van der Waals surface area contributed by atoms with Gasteiger partial charge in [-0.2, -0.15) is 8.42 Å². The molecular weight excluding hydrogens is 284 g/mol. The van der Waals surface area contributed by atoms with Gasteiger partial charge in [0.2, 0.25) is 0 Å². The van der Waals surface area contributed by atoms with Crippen molar-refractivity contribution in [1.29, 1.82) is 0 Å². The summed E-state index contributed by atoms with van der Waals surface area (Å²) in [6, 6.07) is 18.3. The van der Waals surface area contributed by atoms with Crippen LogP contribution in [0.3, 0.4) is 0 Å². The summed E-state index contributed by atoms with van der Waals surface area (Å²) in [6.07, 6.45) is 0. The summed E-state index contributed by atoms with van der Waals surface area (Å²) in [6.45, 7) is 2.01. The molecule has 0 spiro atoms. The lowest BCUT2D eigenvalue weighted by atomic mass is 9.95. The number of fused-ring (bicyclic) bond motifs is 1. The Bertz CT molecular complexity index is 928. The van der Waals surface area contributed by atoms with E-state index in [1.54, 1.807) is 18.2 Å². The van der Waals surface area contributed by atoms with Crippen LogP contribution in [0.4, 0.5) is 0 Å². The number of rotatable bonds is 2. The van der Waals surface area contributed by atoms with E-state index in [1.807, 2.05) is 43.3 Å². The van der Waals surface area contributed by atoms with E-state index in [0.29, 0.717) is 5.39 Å². The van der Waals surface area contributed by atoms with Crippen molar-refractivity contribution in [2.24, 2.45) is 0 Å². The van der Waals surface area contributed by atoms with E-state index in [1.165, 1.54) is 6.07 Å². The quantitative estimate of drug-likeness (QED) is 0.726. The fourth-order valence-corrected chi connectivity index (χ4v) is 3.30. The van der Waals surface area contributed by atoms with E-state index in [4.69, 9.17) is 0 Å². The van der Waals surface area contributed by atoms with Crippen molar-refractivity contribution in [3.05, 3.63) is 66.2 Å². The van der Waals surface area contributed by atoms with Gasteiger partial charge in [0.25, 0.3) is 10.1 Å². The summed E-state index contributed by atoms with van der Waals surface area (Å²) >= 11 is 0. The van der Waals surface area contributed by atoms with Crippen LogP contribution in [0.2, 0.25) is 0 Å². The van der Waals surface area contributed by atoms with Crippen LogP contribution < -0.4 is 0 Å². The summed E-state index contributed by atoms with van der Waals surface area (Å²) in [5.41, 5.74) is 3.12. The van der Waals surface area contributed by atoms with Gasteiger partial charge in [0, 0.05) is 5.39 Å². The second-order valence-corrected chi connectivity index (χ2v) is 6.34. The van der Waals surface area contributed by atoms with E-state index < -0.39 is 10.1 Å². The predicted molar refractivity (Wildman–Crippen MR) is 83.9 cm³/mol. The van der Waals surface area contributed by atoms with E-state index in [2.05, 4.69) is 0 Å². The van der Waals surface area contributed by atoms with Gasteiger partial charge >= 0.3 is 0 Å². The van der Waals surface area contributed by atoms with Gasteiger partial charge in [-0.05, 0) is 35.1 Å². The summed E-state index contributed by atoms with van der Waals surface area (Å²) in [7, 11) is -4.24. The van der Waals surface area contributed by atoms with Gasteiger partial charge in [-0.3, -0.25) is 4.55 Å². The van der Waals surface area contributed by atoms with Crippen molar-refractivity contribution in [1.82, 2.24) is 0 Å². The molecule has 0 fully saturated rings.